The molecule has 2 N–H and O–H groups in total. The third-order valence-corrected chi connectivity index (χ3v) is 3.29. The van der Waals surface area contributed by atoms with Crippen molar-refractivity contribution in [1.82, 2.24) is 0 Å². The highest BCUT2D eigenvalue weighted by atomic mass is 32.1. The normalized spacial score (nSPS) is 11.7. The molecule has 0 radical (unpaired) electrons. The molecule has 0 saturated carbocycles. The largest absolute Gasteiger partial charge is 0.485 e. The number of hydrogen-bond donors (Lipinski definition) is 1. The monoisotopic (exact) mass is 312 g/mol. The summed E-state index contributed by atoms with van der Waals surface area (Å²) < 4.78 is 5.38. The highest BCUT2D eigenvalue weighted by Crippen LogP contribution is 2.06. The van der Waals surface area contributed by atoms with Crippen molar-refractivity contribution in [3.63, 3.8) is 0 Å². The first-order valence-corrected chi connectivity index (χ1v) is 7.24. The molecule has 0 heterocycles. The van der Waals surface area contributed by atoms with Crippen molar-refractivity contribution < 1.29 is 14.7 Å². The zero-order valence-electron chi connectivity index (χ0n) is 11.8. The highest BCUT2D eigenvalue weighted by Gasteiger charge is 2.10. The van der Waals surface area contributed by atoms with E-state index in [-0.39, 0.29) is 12.6 Å². The zero-order chi connectivity index (χ0) is 15.5. The summed E-state index contributed by atoms with van der Waals surface area (Å²) in [7, 11) is 0. The molecule has 1 aromatic carbocycles. The Hall–Kier alpha value is -1.73. The molecule has 116 valence electrons. The number of unbranched alkanes of at least 4 members (excludes halogenated alkanes) is 1. The molecule has 0 saturated heterocycles. The van der Waals surface area contributed by atoms with E-state index in [0.717, 1.165) is 12.8 Å². The van der Waals surface area contributed by atoms with Crippen LogP contribution in [0.4, 0.5) is 0 Å². The minimum Gasteiger partial charge on any atom is -0.485 e. The quantitative estimate of drug-likeness (QED) is 0.309. The molecule has 1 rings (SSSR count). The lowest BCUT2D eigenvalue weighted by molar-refractivity contribution is -0.757. The van der Waals surface area contributed by atoms with Crippen molar-refractivity contribution >= 4 is 17.3 Å². The summed E-state index contributed by atoms with van der Waals surface area (Å²) in [4.78, 5) is 14.1. The first-order valence-electron chi connectivity index (χ1n) is 6.83. The van der Waals surface area contributed by atoms with Crippen LogP contribution >= 0.6 is 12.2 Å². The van der Waals surface area contributed by atoms with Crippen LogP contribution in [-0.4, -0.2) is 29.4 Å². The summed E-state index contributed by atoms with van der Waals surface area (Å²) in [6.07, 6.45) is 2.76. The lowest BCUT2D eigenvalue weighted by Gasteiger charge is -2.14. The van der Waals surface area contributed by atoms with Crippen LogP contribution in [0.25, 0.3) is 0 Å². The number of aryl methyl sites for hydroxylation is 1. The van der Waals surface area contributed by atoms with Gasteiger partial charge >= 0.3 is 0 Å². The summed E-state index contributed by atoms with van der Waals surface area (Å²) in [5.41, 5.74) is 7.18. The molecule has 0 amide bonds. The van der Waals surface area contributed by atoms with Crippen molar-refractivity contribution in [2.45, 2.75) is 31.7 Å². The molecule has 0 aromatic heterocycles. The molecular weight excluding hydrogens is 292 g/mol. The van der Waals surface area contributed by atoms with Gasteiger partial charge in [0.2, 0.25) is 0 Å². The SMILES string of the molecule is N[C@H](CCc1ccccc1)C(=S)OCCCCO[N+](=O)[O-]. The molecule has 0 spiro atoms. The fraction of sp³-hybridized carbons (Fsp3) is 0.500. The molecule has 7 heteroatoms. The fourth-order valence-corrected chi connectivity index (χ4v) is 1.91. The second kappa shape index (κ2) is 10.1. The topological polar surface area (TPSA) is 87.6 Å². The van der Waals surface area contributed by atoms with Crippen LogP contribution in [-0.2, 0) is 16.0 Å². The number of rotatable bonds is 10. The zero-order valence-corrected chi connectivity index (χ0v) is 12.6. The first kappa shape index (κ1) is 17.3. The molecular formula is C14H20N2O4S. The fourth-order valence-electron chi connectivity index (χ4n) is 1.71. The van der Waals surface area contributed by atoms with Crippen LogP contribution in [0.2, 0.25) is 0 Å². The number of nitrogens with zero attached hydrogens (tertiary/aromatic N) is 1. The Morgan fingerprint density at radius 1 is 1.29 bits per heavy atom. The van der Waals surface area contributed by atoms with Crippen LogP contribution < -0.4 is 5.73 Å². The summed E-state index contributed by atoms with van der Waals surface area (Å²) in [5.74, 6) is 0. The van der Waals surface area contributed by atoms with Gasteiger partial charge in [0.25, 0.3) is 5.09 Å². The van der Waals surface area contributed by atoms with E-state index in [4.69, 9.17) is 22.7 Å². The number of thiocarbonyl (C=S) groups is 1. The lowest BCUT2D eigenvalue weighted by Crippen LogP contribution is -2.31. The highest BCUT2D eigenvalue weighted by molar-refractivity contribution is 7.80. The molecule has 0 fully saturated rings. The Kier molecular flexibility index (Phi) is 8.30. The van der Waals surface area contributed by atoms with Crippen molar-refractivity contribution in [3.8, 4) is 0 Å². The average Bonchev–Trinajstić information content (AvgIpc) is 2.48. The maximum Gasteiger partial charge on any atom is 0.294 e. The minimum atomic E-state index is -0.801. The van der Waals surface area contributed by atoms with Crippen LogP contribution in [0.3, 0.4) is 0 Å². The van der Waals surface area contributed by atoms with E-state index in [1.807, 2.05) is 30.3 Å². The number of benzene rings is 1. The third-order valence-electron chi connectivity index (χ3n) is 2.87. The Morgan fingerprint density at radius 3 is 2.62 bits per heavy atom. The molecule has 21 heavy (non-hydrogen) atoms. The summed E-state index contributed by atoms with van der Waals surface area (Å²) >= 11 is 5.12. The minimum absolute atomic E-state index is 0.0726. The van der Waals surface area contributed by atoms with Gasteiger partial charge in [0.15, 0.2) is 5.05 Å². The van der Waals surface area contributed by atoms with Gasteiger partial charge < -0.3 is 15.3 Å². The van der Waals surface area contributed by atoms with E-state index in [9.17, 15) is 10.1 Å². The van der Waals surface area contributed by atoms with Crippen molar-refractivity contribution in [1.29, 1.82) is 0 Å². The van der Waals surface area contributed by atoms with E-state index in [0.29, 0.717) is 24.5 Å². The smallest absolute Gasteiger partial charge is 0.294 e. The van der Waals surface area contributed by atoms with Gasteiger partial charge in [-0.15, -0.1) is 10.1 Å². The second-order valence-electron chi connectivity index (χ2n) is 4.56. The Bertz CT molecular complexity index is 442. The predicted octanol–water partition coefficient (Wildman–Crippen LogP) is 2.28. The van der Waals surface area contributed by atoms with Crippen LogP contribution in [0.1, 0.15) is 24.8 Å². The molecule has 0 unspecified atom stereocenters. The van der Waals surface area contributed by atoms with Gasteiger partial charge in [-0.25, -0.2) is 0 Å². The first-order chi connectivity index (χ1) is 10.1. The van der Waals surface area contributed by atoms with Gasteiger partial charge in [0, 0.05) is 0 Å². The number of hydrogen-bond acceptors (Lipinski definition) is 6. The van der Waals surface area contributed by atoms with Gasteiger partial charge in [-0.05, 0) is 43.5 Å². The third kappa shape index (κ3) is 8.21. The molecule has 0 aliphatic rings. The second-order valence-corrected chi connectivity index (χ2v) is 4.96. The summed E-state index contributed by atoms with van der Waals surface area (Å²) in [6, 6.07) is 9.76. The van der Waals surface area contributed by atoms with E-state index in [1.165, 1.54) is 5.56 Å². The van der Waals surface area contributed by atoms with Crippen LogP contribution in [0.15, 0.2) is 30.3 Å². The van der Waals surface area contributed by atoms with Crippen molar-refractivity contribution in [2.24, 2.45) is 5.73 Å². The standard InChI is InChI=1S/C14H20N2O4S/c15-13(9-8-12-6-2-1-3-7-12)14(21)19-10-4-5-11-20-16(17)18/h1-3,6-7,13H,4-5,8-11,15H2/t13-/m1/s1. The Labute approximate surface area is 129 Å². The van der Waals surface area contributed by atoms with E-state index >= 15 is 0 Å². The van der Waals surface area contributed by atoms with E-state index in [1.54, 1.807) is 0 Å². The van der Waals surface area contributed by atoms with Gasteiger partial charge in [-0.3, -0.25) is 0 Å². The number of nitrogens with two attached hydrogens (primary N) is 1. The van der Waals surface area contributed by atoms with E-state index < -0.39 is 5.09 Å². The molecule has 1 aromatic rings. The molecule has 1 atom stereocenters. The van der Waals surface area contributed by atoms with Gasteiger partial charge in [-0.1, -0.05) is 30.3 Å². The Balaban J connectivity index is 2.09. The van der Waals surface area contributed by atoms with Gasteiger partial charge in [0.05, 0.1) is 19.3 Å². The average molecular weight is 312 g/mol. The summed E-state index contributed by atoms with van der Waals surface area (Å²) in [5, 5.41) is 9.52. The van der Waals surface area contributed by atoms with Gasteiger partial charge in [0.1, 0.15) is 0 Å². The molecule has 0 aliphatic heterocycles. The van der Waals surface area contributed by atoms with Crippen LogP contribution in [0, 0.1) is 10.1 Å². The number of ether oxygens (including phenoxy) is 1. The van der Waals surface area contributed by atoms with Crippen molar-refractivity contribution in [2.75, 3.05) is 13.2 Å². The maximum atomic E-state index is 9.93. The summed E-state index contributed by atoms with van der Waals surface area (Å²) in [6.45, 7) is 0.474. The van der Waals surface area contributed by atoms with E-state index in [2.05, 4.69) is 4.84 Å². The lowest BCUT2D eigenvalue weighted by atomic mass is 10.1. The van der Waals surface area contributed by atoms with Crippen LogP contribution in [0.5, 0.6) is 0 Å². The molecule has 0 bridgehead atoms. The Morgan fingerprint density at radius 2 is 1.95 bits per heavy atom. The van der Waals surface area contributed by atoms with Gasteiger partial charge in [-0.2, -0.15) is 0 Å². The maximum absolute atomic E-state index is 9.93. The molecule has 6 nitrogen and oxygen atoms in total. The molecule has 0 aliphatic carbocycles. The predicted molar refractivity (Wildman–Crippen MR) is 83.5 cm³/mol. The van der Waals surface area contributed by atoms with Crippen molar-refractivity contribution in [3.05, 3.63) is 46.0 Å².